The number of benzene rings is 2. The number of thioether (sulfide) groups is 1. The lowest BCUT2D eigenvalue weighted by atomic mass is 9.81. The molecule has 3 heterocycles. The molecule has 0 aromatic heterocycles. The number of piperazine rings is 1. The maximum Gasteiger partial charge on any atom is 0.234 e. The smallest absolute Gasteiger partial charge is 0.234 e. The summed E-state index contributed by atoms with van der Waals surface area (Å²) >= 11 is 14.2. The standard InChI is InChI=1S/C26H28Cl2N4OS/c1-16(2)23-21(14-31-13-12-29-22(33)15-31)34-25-30-26(3,18-6-10-20(28)11-7-18)24(32(23)25)17-4-8-19(27)9-5-17/h4-11,16,24H,12-15H2,1-3H3,(H,29,33)/t24-,26+/m1/s1. The zero-order valence-electron chi connectivity index (χ0n) is 19.5. The second-order valence-electron chi connectivity index (χ2n) is 9.50. The van der Waals surface area contributed by atoms with E-state index in [0.29, 0.717) is 24.0 Å². The predicted molar refractivity (Wildman–Crippen MR) is 141 cm³/mol. The van der Waals surface area contributed by atoms with Gasteiger partial charge in [-0.2, -0.15) is 0 Å². The number of amidine groups is 1. The molecule has 0 unspecified atom stereocenters. The van der Waals surface area contributed by atoms with Crippen LogP contribution in [0.2, 0.25) is 10.0 Å². The number of allylic oxidation sites excluding steroid dienone is 1. The number of nitrogens with one attached hydrogen (secondary N) is 1. The van der Waals surface area contributed by atoms with Gasteiger partial charge in [0.1, 0.15) is 5.54 Å². The van der Waals surface area contributed by atoms with Crippen molar-refractivity contribution < 1.29 is 4.79 Å². The predicted octanol–water partition coefficient (Wildman–Crippen LogP) is 5.67. The van der Waals surface area contributed by atoms with Gasteiger partial charge in [-0.05, 0) is 48.2 Å². The first-order chi connectivity index (χ1) is 16.3. The third kappa shape index (κ3) is 4.26. The van der Waals surface area contributed by atoms with Crippen LogP contribution in [0, 0.1) is 5.92 Å². The monoisotopic (exact) mass is 514 g/mol. The molecule has 3 aliphatic heterocycles. The molecule has 0 radical (unpaired) electrons. The van der Waals surface area contributed by atoms with Gasteiger partial charge < -0.3 is 10.2 Å². The Morgan fingerprint density at radius 1 is 1.12 bits per heavy atom. The molecule has 2 atom stereocenters. The summed E-state index contributed by atoms with van der Waals surface area (Å²) in [4.78, 5) is 23.2. The molecule has 0 aliphatic carbocycles. The quantitative estimate of drug-likeness (QED) is 0.558. The van der Waals surface area contributed by atoms with Gasteiger partial charge in [-0.25, -0.2) is 4.99 Å². The van der Waals surface area contributed by atoms with Crippen molar-refractivity contribution in [1.82, 2.24) is 15.1 Å². The van der Waals surface area contributed by atoms with E-state index in [1.54, 1.807) is 11.8 Å². The molecule has 3 aliphatic rings. The number of carbonyl (C=O) groups is 1. The van der Waals surface area contributed by atoms with Crippen molar-refractivity contribution >= 4 is 46.0 Å². The van der Waals surface area contributed by atoms with E-state index in [-0.39, 0.29) is 11.9 Å². The second kappa shape index (κ2) is 9.23. The van der Waals surface area contributed by atoms with E-state index < -0.39 is 5.54 Å². The highest BCUT2D eigenvalue weighted by atomic mass is 35.5. The average Bonchev–Trinajstić information content (AvgIpc) is 3.26. The van der Waals surface area contributed by atoms with Crippen LogP contribution in [0.15, 0.2) is 64.1 Å². The van der Waals surface area contributed by atoms with Crippen molar-refractivity contribution in [3.63, 3.8) is 0 Å². The Bertz CT molecular complexity index is 1160. The molecular formula is C26H28Cl2N4OS. The van der Waals surface area contributed by atoms with Crippen molar-refractivity contribution in [3.05, 3.63) is 80.3 Å². The number of hydrogen-bond donors (Lipinski definition) is 1. The van der Waals surface area contributed by atoms with E-state index in [1.165, 1.54) is 10.6 Å². The van der Waals surface area contributed by atoms with Gasteiger partial charge in [-0.15, -0.1) is 0 Å². The molecule has 5 rings (SSSR count). The minimum absolute atomic E-state index is 0.0204. The van der Waals surface area contributed by atoms with Crippen molar-refractivity contribution in [2.24, 2.45) is 10.9 Å². The maximum absolute atomic E-state index is 12.0. The Labute approximate surface area is 215 Å². The van der Waals surface area contributed by atoms with Crippen LogP contribution in [0.3, 0.4) is 0 Å². The number of fused-ring (bicyclic) bond motifs is 1. The average molecular weight is 516 g/mol. The van der Waals surface area contributed by atoms with Crippen LogP contribution in [-0.4, -0.2) is 47.1 Å². The summed E-state index contributed by atoms with van der Waals surface area (Å²) in [6.07, 6.45) is 0. The van der Waals surface area contributed by atoms with Crippen LogP contribution in [0.5, 0.6) is 0 Å². The normalized spacial score (nSPS) is 25.1. The van der Waals surface area contributed by atoms with E-state index in [0.717, 1.165) is 34.4 Å². The zero-order valence-corrected chi connectivity index (χ0v) is 21.8. The third-order valence-electron chi connectivity index (χ3n) is 6.73. The van der Waals surface area contributed by atoms with Gasteiger partial charge in [0.25, 0.3) is 0 Å². The minimum atomic E-state index is -0.489. The van der Waals surface area contributed by atoms with Crippen molar-refractivity contribution in [2.75, 3.05) is 26.2 Å². The van der Waals surface area contributed by atoms with Gasteiger partial charge in [-0.1, -0.05) is 73.1 Å². The zero-order chi connectivity index (χ0) is 24.0. The van der Waals surface area contributed by atoms with Gasteiger partial charge in [-0.3, -0.25) is 9.69 Å². The van der Waals surface area contributed by atoms with Crippen LogP contribution >= 0.6 is 35.0 Å². The summed E-state index contributed by atoms with van der Waals surface area (Å²) in [7, 11) is 0. The minimum Gasteiger partial charge on any atom is -0.354 e. The van der Waals surface area contributed by atoms with Crippen LogP contribution in [0.25, 0.3) is 0 Å². The molecule has 1 N–H and O–H groups in total. The number of nitrogens with zero attached hydrogens (tertiary/aromatic N) is 3. The van der Waals surface area contributed by atoms with Crippen molar-refractivity contribution in [1.29, 1.82) is 0 Å². The molecule has 8 heteroatoms. The highest BCUT2D eigenvalue weighted by molar-refractivity contribution is 8.17. The molecular weight excluding hydrogens is 487 g/mol. The first kappa shape index (κ1) is 23.7. The third-order valence-corrected chi connectivity index (χ3v) is 8.29. The molecule has 34 heavy (non-hydrogen) atoms. The highest BCUT2D eigenvalue weighted by Gasteiger charge is 2.52. The number of halogens is 2. The summed E-state index contributed by atoms with van der Waals surface area (Å²) in [6, 6.07) is 16.1. The van der Waals surface area contributed by atoms with Crippen molar-refractivity contribution in [2.45, 2.75) is 32.4 Å². The van der Waals surface area contributed by atoms with E-state index in [4.69, 9.17) is 28.2 Å². The lowest BCUT2D eigenvalue weighted by Crippen LogP contribution is -2.48. The van der Waals surface area contributed by atoms with E-state index in [1.807, 2.05) is 24.3 Å². The molecule has 178 valence electrons. The summed E-state index contributed by atoms with van der Waals surface area (Å²) < 4.78 is 0. The summed E-state index contributed by atoms with van der Waals surface area (Å²) in [6.45, 7) is 9.42. The fourth-order valence-corrected chi connectivity index (χ4v) is 6.85. The summed E-state index contributed by atoms with van der Waals surface area (Å²) in [5, 5.41) is 5.36. The van der Waals surface area contributed by atoms with Crippen LogP contribution in [-0.2, 0) is 10.3 Å². The Balaban J connectivity index is 1.58. The number of aliphatic imine (C=N–C) groups is 1. The van der Waals surface area contributed by atoms with E-state index in [9.17, 15) is 4.79 Å². The fraction of sp³-hybridized carbons (Fsp3) is 0.385. The summed E-state index contributed by atoms with van der Waals surface area (Å²) in [5.41, 5.74) is 3.08. The molecule has 2 aromatic rings. The lowest BCUT2D eigenvalue weighted by molar-refractivity contribution is -0.123. The number of amides is 1. The Morgan fingerprint density at radius 3 is 2.38 bits per heavy atom. The SMILES string of the molecule is CC(C)C1=C(CN2CCNC(=O)C2)SC2=N[C@@](C)(c3ccc(Cl)cc3)[C@@H](c3ccc(Cl)cc3)N21. The number of rotatable bonds is 5. The molecule has 2 aromatic carbocycles. The van der Waals surface area contributed by atoms with Gasteiger partial charge in [0, 0.05) is 40.3 Å². The van der Waals surface area contributed by atoms with Gasteiger partial charge in [0.05, 0.1) is 12.6 Å². The number of hydrogen-bond acceptors (Lipinski definition) is 5. The molecule has 1 amide bonds. The van der Waals surface area contributed by atoms with Crippen LogP contribution in [0.1, 0.15) is 37.9 Å². The topological polar surface area (TPSA) is 47.9 Å². The van der Waals surface area contributed by atoms with Crippen LogP contribution < -0.4 is 5.32 Å². The molecule has 0 bridgehead atoms. The lowest BCUT2D eigenvalue weighted by Gasteiger charge is -2.37. The van der Waals surface area contributed by atoms with Gasteiger partial charge in [0.2, 0.25) is 5.91 Å². The molecule has 1 saturated heterocycles. The maximum atomic E-state index is 12.0. The second-order valence-corrected chi connectivity index (χ2v) is 11.4. The largest absolute Gasteiger partial charge is 0.354 e. The molecule has 0 spiro atoms. The Morgan fingerprint density at radius 2 is 1.76 bits per heavy atom. The molecule has 5 nitrogen and oxygen atoms in total. The van der Waals surface area contributed by atoms with E-state index >= 15 is 0 Å². The Hall–Kier alpha value is -1.99. The number of carbonyl (C=O) groups excluding carboxylic acids is 1. The molecule has 1 fully saturated rings. The van der Waals surface area contributed by atoms with Gasteiger partial charge in [0.15, 0.2) is 5.17 Å². The first-order valence-corrected chi connectivity index (χ1v) is 13.1. The summed E-state index contributed by atoms with van der Waals surface area (Å²) in [5.74, 6) is 0.393. The first-order valence-electron chi connectivity index (χ1n) is 11.6. The van der Waals surface area contributed by atoms with Gasteiger partial charge >= 0.3 is 0 Å². The van der Waals surface area contributed by atoms with Crippen LogP contribution in [0.4, 0.5) is 0 Å². The fourth-order valence-electron chi connectivity index (χ4n) is 5.16. The van der Waals surface area contributed by atoms with E-state index in [2.05, 4.69) is 60.2 Å². The Kier molecular flexibility index (Phi) is 6.44. The highest BCUT2D eigenvalue weighted by Crippen LogP contribution is 2.56. The van der Waals surface area contributed by atoms with Crippen molar-refractivity contribution in [3.8, 4) is 0 Å². The molecule has 0 saturated carbocycles.